The fourth-order valence-corrected chi connectivity index (χ4v) is 3.06. The smallest absolute Gasteiger partial charge is 0.137 e. The van der Waals surface area contributed by atoms with E-state index in [1.54, 1.807) is 0 Å². The van der Waals surface area contributed by atoms with Gasteiger partial charge >= 0.3 is 0 Å². The highest BCUT2D eigenvalue weighted by atomic mass is 79.9. The molecule has 2 aromatic carbocycles. The number of nitrogens with one attached hydrogen (secondary N) is 1. The number of hydrogen-bond donors (Lipinski definition) is 1. The number of hydrogen-bond acceptors (Lipinski definition) is 1. The Balaban J connectivity index is 2.49. The topological polar surface area (TPSA) is 12.0 Å². The second-order valence-electron chi connectivity index (χ2n) is 4.69. The van der Waals surface area contributed by atoms with Crippen molar-refractivity contribution in [2.75, 3.05) is 6.54 Å². The van der Waals surface area contributed by atoms with Crippen LogP contribution in [0.3, 0.4) is 0 Å². The number of benzene rings is 2. The van der Waals surface area contributed by atoms with Crippen LogP contribution < -0.4 is 5.32 Å². The van der Waals surface area contributed by atoms with E-state index in [4.69, 9.17) is 0 Å². The number of halogens is 3. The van der Waals surface area contributed by atoms with Gasteiger partial charge in [-0.15, -0.1) is 0 Å². The molecule has 0 saturated heterocycles. The Kier molecular flexibility index (Phi) is 5.35. The minimum atomic E-state index is -0.243. The van der Waals surface area contributed by atoms with Crippen LogP contribution in [0.4, 0.5) is 4.39 Å². The maximum absolute atomic E-state index is 13.4. The lowest BCUT2D eigenvalue weighted by atomic mass is 9.97. The van der Waals surface area contributed by atoms with E-state index in [1.165, 1.54) is 11.6 Å². The van der Waals surface area contributed by atoms with Gasteiger partial charge in [0, 0.05) is 4.47 Å². The van der Waals surface area contributed by atoms with Crippen LogP contribution in [0.2, 0.25) is 0 Å². The Bertz CT molecular complexity index is 613. The van der Waals surface area contributed by atoms with Crippen LogP contribution >= 0.6 is 31.9 Å². The van der Waals surface area contributed by atoms with E-state index in [9.17, 15) is 4.39 Å². The molecule has 0 amide bonds. The summed E-state index contributed by atoms with van der Waals surface area (Å²) in [6.07, 6.45) is 0. The van der Waals surface area contributed by atoms with Crippen molar-refractivity contribution in [1.82, 2.24) is 5.32 Å². The summed E-state index contributed by atoms with van der Waals surface area (Å²) >= 11 is 6.86. The van der Waals surface area contributed by atoms with Gasteiger partial charge in [-0.3, -0.25) is 0 Å². The predicted molar refractivity (Wildman–Crippen MR) is 88.5 cm³/mol. The average Bonchev–Trinajstić information content (AvgIpc) is 2.42. The highest BCUT2D eigenvalue weighted by molar-refractivity contribution is 9.10. The fourth-order valence-electron chi connectivity index (χ4n) is 2.19. The lowest BCUT2D eigenvalue weighted by Crippen LogP contribution is -2.22. The highest BCUT2D eigenvalue weighted by Gasteiger charge is 2.17. The third kappa shape index (κ3) is 3.48. The third-order valence-electron chi connectivity index (χ3n) is 3.15. The van der Waals surface area contributed by atoms with Gasteiger partial charge in [-0.1, -0.05) is 46.6 Å². The number of rotatable bonds is 4. The van der Waals surface area contributed by atoms with Crippen LogP contribution in [0, 0.1) is 12.7 Å². The van der Waals surface area contributed by atoms with Gasteiger partial charge in [-0.25, -0.2) is 4.39 Å². The van der Waals surface area contributed by atoms with Gasteiger partial charge in [0.15, 0.2) is 0 Å². The Morgan fingerprint density at radius 1 is 1.10 bits per heavy atom. The van der Waals surface area contributed by atoms with Crippen LogP contribution in [-0.2, 0) is 0 Å². The molecule has 0 radical (unpaired) electrons. The van der Waals surface area contributed by atoms with Crippen molar-refractivity contribution in [1.29, 1.82) is 0 Å². The molecule has 4 heteroatoms. The molecule has 2 rings (SSSR count). The second kappa shape index (κ2) is 6.83. The van der Waals surface area contributed by atoms with Crippen molar-refractivity contribution in [3.8, 4) is 0 Å². The summed E-state index contributed by atoms with van der Waals surface area (Å²) in [6.45, 7) is 4.97. The van der Waals surface area contributed by atoms with E-state index in [0.29, 0.717) is 4.47 Å². The highest BCUT2D eigenvalue weighted by Crippen LogP contribution is 2.31. The zero-order valence-corrected chi connectivity index (χ0v) is 14.6. The van der Waals surface area contributed by atoms with E-state index in [0.717, 1.165) is 22.1 Å². The molecule has 1 unspecified atom stereocenters. The third-order valence-corrected chi connectivity index (χ3v) is 4.48. The molecule has 0 aliphatic carbocycles. The van der Waals surface area contributed by atoms with Crippen LogP contribution in [-0.4, -0.2) is 6.54 Å². The zero-order valence-electron chi connectivity index (χ0n) is 11.4. The molecule has 0 aliphatic heterocycles. The van der Waals surface area contributed by atoms with Gasteiger partial charge in [0.05, 0.1) is 10.5 Å². The summed E-state index contributed by atoms with van der Waals surface area (Å²) in [5.74, 6) is -0.243. The standard InChI is InChI=1S/C16H16Br2FN/c1-3-20-16(11-5-7-15(19)14(18)9-11)12-8-10(2)4-6-13(12)17/h4-9,16,20H,3H2,1-2H3. The summed E-state index contributed by atoms with van der Waals surface area (Å²) in [7, 11) is 0. The predicted octanol–water partition coefficient (Wildman–Crippen LogP) is 5.36. The summed E-state index contributed by atoms with van der Waals surface area (Å²) in [5, 5.41) is 3.46. The van der Waals surface area contributed by atoms with E-state index in [2.05, 4.69) is 63.2 Å². The van der Waals surface area contributed by atoms with E-state index in [-0.39, 0.29) is 11.9 Å². The Labute approximate surface area is 135 Å². The van der Waals surface area contributed by atoms with Gasteiger partial charge < -0.3 is 5.32 Å². The molecular weight excluding hydrogens is 385 g/mol. The van der Waals surface area contributed by atoms with Gasteiger partial charge in [0.25, 0.3) is 0 Å². The van der Waals surface area contributed by atoms with Crippen LogP contribution in [0.1, 0.15) is 29.7 Å². The summed E-state index contributed by atoms with van der Waals surface area (Å²) in [6, 6.07) is 11.4. The molecule has 1 atom stereocenters. The Morgan fingerprint density at radius 2 is 1.85 bits per heavy atom. The van der Waals surface area contributed by atoms with Crippen molar-refractivity contribution in [2.24, 2.45) is 0 Å². The molecule has 0 spiro atoms. The maximum atomic E-state index is 13.4. The SMILES string of the molecule is CCNC(c1ccc(F)c(Br)c1)c1cc(C)ccc1Br. The molecule has 106 valence electrons. The molecule has 1 nitrogen and oxygen atoms in total. The van der Waals surface area contributed by atoms with E-state index >= 15 is 0 Å². The van der Waals surface area contributed by atoms with Crippen molar-refractivity contribution in [3.63, 3.8) is 0 Å². The normalized spacial score (nSPS) is 12.4. The first-order valence-corrected chi connectivity index (χ1v) is 8.06. The summed E-state index contributed by atoms with van der Waals surface area (Å²) < 4.78 is 15.0. The Morgan fingerprint density at radius 3 is 2.50 bits per heavy atom. The minimum Gasteiger partial charge on any atom is -0.306 e. The fraction of sp³-hybridized carbons (Fsp3) is 0.250. The van der Waals surface area contributed by atoms with Crippen LogP contribution in [0.15, 0.2) is 45.3 Å². The lowest BCUT2D eigenvalue weighted by molar-refractivity contribution is 0.607. The first-order valence-electron chi connectivity index (χ1n) is 6.47. The van der Waals surface area contributed by atoms with Crippen molar-refractivity contribution in [2.45, 2.75) is 19.9 Å². The van der Waals surface area contributed by atoms with E-state index in [1.807, 2.05) is 18.2 Å². The molecule has 0 aromatic heterocycles. The van der Waals surface area contributed by atoms with Crippen LogP contribution in [0.5, 0.6) is 0 Å². The first kappa shape index (κ1) is 15.7. The largest absolute Gasteiger partial charge is 0.306 e. The van der Waals surface area contributed by atoms with Gasteiger partial charge in [-0.05, 0) is 58.7 Å². The molecule has 0 fully saturated rings. The van der Waals surface area contributed by atoms with Crippen molar-refractivity contribution >= 4 is 31.9 Å². The van der Waals surface area contributed by atoms with Crippen molar-refractivity contribution in [3.05, 3.63) is 67.9 Å². The molecule has 0 aliphatic rings. The molecule has 0 bridgehead atoms. The zero-order chi connectivity index (χ0) is 14.7. The maximum Gasteiger partial charge on any atom is 0.137 e. The minimum absolute atomic E-state index is 0.0335. The van der Waals surface area contributed by atoms with E-state index < -0.39 is 0 Å². The van der Waals surface area contributed by atoms with Gasteiger partial charge in [0.2, 0.25) is 0 Å². The quantitative estimate of drug-likeness (QED) is 0.728. The molecule has 20 heavy (non-hydrogen) atoms. The Hall–Kier alpha value is -0.710. The van der Waals surface area contributed by atoms with Gasteiger partial charge in [0.1, 0.15) is 5.82 Å². The molecule has 2 aromatic rings. The number of aryl methyl sites for hydroxylation is 1. The second-order valence-corrected chi connectivity index (χ2v) is 6.40. The van der Waals surface area contributed by atoms with Crippen molar-refractivity contribution < 1.29 is 4.39 Å². The van der Waals surface area contributed by atoms with Gasteiger partial charge in [-0.2, -0.15) is 0 Å². The average molecular weight is 401 g/mol. The molecular formula is C16H16Br2FN. The monoisotopic (exact) mass is 399 g/mol. The van der Waals surface area contributed by atoms with Crippen LogP contribution in [0.25, 0.3) is 0 Å². The summed E-state index contributed by atoms with van der Waals surface area (Å²) in [5.41, 5.74) is 3.39. The molecule has 0 saturated carbocycles. The first-order chi connectivity index (χ1) is 9.52. The molecule has 0 heterocycles. The lowest BCUT2D eigenvalue weighted by Gasteiger charge is -2.21. The summed E-state index contributed by atoms with van der Waals surface area (Å²) in [4.78, 5) is 0. The molecule has 1 N–H and O–H groups in total.